The first-order chi connectivity index (χ1) is 27.9. The molecular formula is C47H71F3O10. The minimum Gasteiger partial charge on any atom is -0.462 e. The molecule has 3 heterocycles. The Morgan fingerprint density at radius 1 is 0.717 bits per heavy atom. The van der Waals surface area contributed by atoms with Gasteiger partial charge in [0, 0.05) is 11.8 Å². The van der Waals surface area contributed by atoms with Gasteiger partial charge in [-0.15, -0.1) is 0 Å². The Kier molecular flexibility index (Phi) is 11.9. The van der Waals surface area contributed by atoms with E-state index in [2.05, 4.69) is 13.8 Å². The lowest BCUT2D eigenvalue weighted by Crippen LogP contribution is -2.51. The highest BCUT2D eigenvalue weighted by Crippen LogP contribution is 2.71. The number of fused-ring (bicyclic) bond motifs is 12. The average molecular weight is 853 g/mol. The molecule has 6 aliphatic carbocycles. The summed E-state index contributed by atoms with van der Waals surface area (Å²) in [5.74, 6) is 3.20. The molecule has 3 saturated heterocycles. The van der Waals surface area contributed by atoms with E-state index >= 15 is 0 Å². The fraction of sp³-hybridized carbons (Fsp3) is 0.915. The molecule has 8 bridgehead atoms. The van der Waals surface area contributed by atoms with Crippen molar-refractivity contribution in [3.05, 3.63) is 0 Å². The number of hydrogen-bond acceptors (Lipinski definition) is 10. The first-order valence-electron chi connectivity index (χ1n) is 23.2. The van der Waals surface area contributed by atoms with Crippen molar-refractivity contribution in [2.75, 3.05) is 0 Å². The van der Waals surface area contributed by atoms with Crippen molar-refractivity contribution in [2.24, 2.45) is 69.5 Å². The van der Waals surface area contributed by atoms with Crippen molar-refractivity contribution in [2.45, 2.75) is 201 Å². The van der Waals surface area contributed by atoms with Gasteiger partial charge in [0.05, 0.1) is 28.3 Å². The highest BCUT2D eigenvalue weighted by atomic mass is 19.4. The summed E-state index contributed by atoms with van der Waals surface area (Å²) >= 11 is 0. The third-order valence-electron chi connectivity index (χ3n) is 17.8. The molecule has 1 N–H and O–H groups in total. The van der Waals surface area contributed by atoms with Crippen molar-refractivity contribution >= 4 is 23.9 Å². The molecule has 9 rings (SSSR count). The van der Waals surface area contributed by atoms with Crippen LogP contribution in [0.25, 0.3) is 0 Å². The third kappa shape index (κ3) is 7.50. The van der Waals surface area contributed by atoms with Crippen LogP contribution in [0.1, 0.15) is 153 Å². The van der Waals surface area contributed by atoms with Gasteiger partial charge in [0.2, 0.25) is 0 Å². The monoisotopic (exact) mass is 852 g/mol. The number of hydrogen-bond donors (Lipinski definition) is 1. The van der Waals surface area contributed by atoms with Crippen LogP contribution in [0.15, 0.2) is 0 Å². The molecule has 0 aromatic carbocycles. The van der Waals surface area contributed by atoms with Crippen LogP contribution in [-0.2, 0) is 42.9 Å². The molecule has 0 radical (unpaired) electrons. The molecule has 13 heteroatoms. The van der Waals surface area contributed by atoms with Gasteiger partial charge in [-0.25, -0.2) is 0 Å². The molecule has 3 aliphatic heterocycles. The fourth-order valence-corrected chi connectivity index (χ4v) is 12.8. The number of rotatable bonds is 10. The number of carbonyl (C=O) groups excluding carboxylic acids is 4. The Bertz CT molecular complexity index is 1680. The molecule has 10 nitrogen and oxygen atoms in total. The van der Waals surface area contributed by atoms with Crippen LogP contribution in [-0.4, -0.2) is 76.9 Å². The van der Waals surface area contributed by atoms with Gasteiger partial charge in [0.25, 0.3) is 0 Å². The smallest absolute Gasteiger partial charge is 0.417 e. The number of halogens is 3. The molecule has 0 aromatic heterocycles. The maximum atomic E-state index is 12.9. The molecule has 0 aromatic rings. The summed E-state index contributed by atoms with van der Waals surface area (Å²) in [5, 5.41) is 9.81. The topological polar surface area (TPSA) is 135 Å². The Morgan fingerprint density at radius 3 is 1.85 bits per heavy atom. The average Bonchev–Trinajstić information content (AvgIpc) is 4.06. The van der Waals surface area contributed by atoms with Crippen LogP contribution in [0.5, 0.6) is 0 Å². The summed E-state index contributed by atoms with van der Waals surface area (Å²) in [6.45, 7) is 19.4. The minimum absolute atomic E-state index is 0.0455. The summed E-state index contributed by atoms with van der Waals surface area (Å²) in [7, 11) is 0. The number of esters is 4. The van der Waals surface area contributed by atoms with Crippen LogP contribution in [0.3, 0.4) is 0 Å². The summed E-state index contributed by atoms with van der Waals surface area (Å²) in [6.07, 6.45) is 4.47. The van der Waals surface area contributed by atoms with E-state index in [9.17, 15) is 37.5 Å². The predicted molar refractivity (Wildman–Crippen MR) is 214 cm³/mol. The summed E-state index contributed by atoms with van der Waals surface area (Å²) in [6, 6.07) is 0. The first-order valence-corrected chi connectivity index (χ1v) is 23.2. The van der Waals surface area contributed by atoms with E-state index in [0.717, 1.165) is 48.9 Å². The van der Waals surface area contributed by atoms with Crippen LogP contribution in [0, 0.1) is 69.5 Å². The van der Waals surface area contributed by atoms with Gasteiger partial charge in [-0.1, -0.05) is 27.7 Å². The van der Waals surface area contributed by atoms with Gasteiger partial charge in [-0.2, -0.15) is 13.2 Å². The number of ether oxygens (including phenoxy) is 5. The van der Waals surface area contributed by atoms with Crippen molar-refractivity contribution in [1.82, 2.24) is 0 Å². The zero-order valence-electron chi connectivity index (χ0n) is 37.5. The lowest BCUT2D eigenvalue weighted by molar-refractivity contribution is -0.281. The van der Waals surface area contributed by atoms with E-state index in [4.69, 9.17) is 23.7 Å². The van der Waals surface area contributed by atoms with E-state index in [1.807, 2.05) is 41.5 Å². The zero-order chi connectivity index (χ0) is 44.1. The van der Waals surface area contributed by atoms with Crippen LogP contribution in [0.2, 0.25) is 0 Å². The van der Waals surface area contributed by atoms with Crippen molar-refractivity contribution in [3.8, 4) is 0 Å². The number of carbonyl (C=O) groups is 4. The molecule has 60 heavy (non-hydrogen) atoms. The van der Waals surface area contributed by atoms with Crippen LogP contribution in [0.4, 0.5) is 13.2 Å². The normalized spacial score (nSPS) is 42.6. The molecule has 16 unspecified atom stereocenters. The quantitative estimate of drug-likeness (QED) is 0.129. The third-order valence-corrected chi connectivity index (χ3v) is 17.8. The van der Waals surface area contributed by atoms with E-state index in [1.54, 1.807) is 13.8 Å². The molecule has 16 atom stereocenters. The van der Waals surface area contributed by atoms with E-state index < -0.39 is 46.8 Å². The number of alkyl halides is 3. The lowest BCUT2D eigenvalue weighted by atomic mass is 9.65. The van der Waals surface area contributed by atoms with Gasteiger partial charge >= 0.3 is 30.1 Å². The van der Waals surface area contributed by atoms with Gasteiger partial charge in [0.1, 0.15) is 17.8 Å². The van der Waals surface area contributed by atoms with Crippen LogP contribution < -0.4 is 0 Å². The van der Waals surface area contributed by atoms with Crippen molar-refractivity contribution < 1.29 is 61.1 Å². The van der Waals surface area contributed by atoms with Crippen molar-refractivity contribution in [3.63, 3.8) is 0 Å². The molecule has 6 saturated carbocycles. The second-order valence-corrected chi connectivity index (χ2v) is 22.1. The zero-order valence-corrected chi connectivity index (χ0v) is 37.5. The van der Waals surface area contributed by atoms with Gasteiger partial charge < -0.3 is 28.8 Å². The first kappa shape index (κ1) is 45.6. The highest BCUT2D eigenvalue weighted by molar-refractivity contribution is 5.79. The second-order valence-electron chi connectivity index (χ2n) is 22.1. The maximum absolute atomic E-state index is 12.9. The predicted octanol–water partition coefficient (Wildman–Crippen LogP) is 8.92. The Morgan fingerprint density at radius 2 is 1.30 bits per heavy atom. The molecular weight excluding hydrogens is 782 g/mol. The van der Waals surface area contributed by atoms with Gasteiger partial charge in [-0.3, -0.25) is 19.2 Å². The second kappa shape index (κ2) is 15.7. The molecule has 340 valence electrons. The molecule has 9 aliphatic rings. The summed E-state index contributed by atoms with van der Waals surface area (Å²) < 4.78 is 66.8. The van der Waals surface area contributed by atoms with E-state index in [0.29, 0.717) is 25.2 Å². The van der Waals surface area contributed by atoms with E-state index in [-0.39, 0.29) is 78.2 Å². The van der Waals surface area contributed by atoms with Gasteiger partial charge in [-0.05, 0) is 161 Å². The number of aliphatic hydroxyl groups is 1. The SMILES string of the molecule is CCC(C)(C)C(=O)OC1(CC)CC2CC1C1C3CCC(C3)C21.CCC(C)(C)C(=O)OC1C2CC3C(=O)OC1C3O2.CCC(C)(C)C(=O)OC1CC2CC1CC2(O)C(F)(F)F. The molecule has 0 amide bonds. The largest absolute Gasteiger partial charge is 0.462 e. The highest BCUT2D eigenvalue weighted by Gasteiger charge is 2.69. The molecule has 0 spiro atoms. The van der Waals surface area contributed by atoms with Crippen LogP contribution >= 0.6 is 0 Å². The Hall–Kier alpha value is -2.41. The Balaban J connectivity index is 0.000000137. The fourth-order valence-electron chi connectivity index (χ4n) is 12.8. The summed E-state index contributed by atoms with van der Waals surface area (Å²) in [4.78, 5) is 48.3. The van der Waals surface area contributed by atoms with Gasteiger partial charge in [0.15, 0.2) is 17.8 Å². The van der Waals surface area contributed by atoms with Crippen molar-refractivity contribution in [1.29, 1.82) is 0 Å². The Labute approximate surface area is 354 Å². The summed E-state index contributed by atoms with van der Waals surface area (Å²) in [5.41, 5.74) is -4.19. The minimum atomic E-state index is -4.61. The standard InChI is InChI=1S/C20H32O2.C14H21F3O3.C13H18O5/c1-5-19(3,4)18(21)22-20(6-2)11-14-10-15(20)17-13-8-7-12(9-13)16(14)17;1-4-12(2,3)11(18)20-10-6-9-5-8(10)7-13(9,19)14(15,16)17;1-4-13(2,3)12(15)18-9-7-5-6-8(16-7)10(9)17-11(6)14/h12-17H,5-11H2,1-4H3;8-10,19H,4-7H2,1-3H3;6-10H,4-5H2,1-3H3. The maximum Gasteiger partial charge on any atom is 0.417 e. The lowest BCUT2D eigenvalue weighted by Gasteiger charge is -2.46. The van der Waals surface area contributed by atoms with E-state index in [1.165, 1.54) is 25.7 Å². The molecule has 9 fully saturated rings.